The van der Waals surface area contributed by atoms with Crippen LogP contribution in [0.2, 0.25) is 0 Å². The molecule has 130 valence electrons. The Kier molecular flexibility index (Phi) is 4.70. The number of nitro benzene ring substituents is 1. The summed E-state index contributed by atoms with van der Waals surface area (Å²) < 4.78 is 0. The van der Waals surface area contributed by atoms with E-state index >= 15 is 0 Å². The van der Waals surface area contributed by atoms with Crippen molar-refractivity contribution >= 4 is 28.7 Å². The van der Waals surface area contributed by atoms with Crippen molar-refractivity contribution in [2.24, 2.45) is 5.10 Å². The normalized spacial score (nSPS) is 11.0. The minimum absolute atomic E-state index is 0.0791. The minimum atomic E-state index is -0.497. The number of para-hydroxylation sites is 1. The number of carbonyl (C=O) groups is 1. The molecule has 1 N–H and O–H groups in total. The summed E-state index contributed by atoms with van der Waals surface area (Å²) in [5.74, 6) is -0.423. The molecule has 0 fully saturated rings. The number of hydrogen-bond donors (Lipinski definition) is 1. The zero-order chi connectivity index (χ0) is 18.7. The van der Waals surface area contributed by atoms with Crippen molar-refractivity contribution in [1.29, 1.82) is 0 Å². The van der Waals surface area contributed by atoms with Gasteiger partial charge < -0.3 is 0 Å². The molecule has 0 saturated heterocycles. The monoisotopic (exact) mass is 348 g/mol. The molecule has 0 radical (unpaired) electrons. The molecule has 0 aliphatic carbocycles. The number of aryl methyl sites for hydroxylation is 2. The Morgan fingerprint density at radius 3 is 2.73 bits per heavy atom. The van der Waals surface area contributed by atoms with Crippen molar-refractivity contribution < 1.29 is 9.72 Å². The maximum absolute atomic E-state index is 12.4. The number of nitro groups is 1. The highest BCUT2D eigenvalue weighted by molar-refractivity contribution is 5.99. The maximum Gasteiger partial charge on any atom is 0.278 e. The van der Waals surface area contributed by atoms with Gasteiger partial charge in [-0.2, -0.15) is 5.10 Å². The first-order chi connectivity index (χ1) is 12.5. The number of carbonyl (C=O) groups excluding carboxylic acids is 1. The summed E-state index contributed by atoms with van der Waals surface area (Å²) in [7, 11) is 0. The molecular weight excluding hydrogens is 332 g/mol. The Hall–Kier alpha value is -3.61. The molecule has 2 aromatic carbocycles. The van der Waals surface area contributed by atoms with E-state index in [1.165, 1.54) is 12.3 Å². The number of hydrazone groups is 1. The molecule has 0 aliphatic heterocycles. The van der Waals surface area contributed by atoms with Crippen LogP contribution in [-0.2, 0) is 0 Å². The average Bonchev–Trinajstić information content (AvgIpc) is 2.61. The molecule has 7 heteroatoms. The van der Waals surface area contributed by atoms with Gasteiger partial charge in [-0.25, -0.2) is 5.43 Å². The fraction of sp³-hybridized carbons (Fsp3) is 0.105. The van der Waals surface area contributed by atoms with E-state index < -0.39 is 10.8 Å². The third kappa shape index (κ3) is 3.56. The number of aromatic nitrogens is 1. The van der Waals surface area contributed by atoms with E-state index in [0.29, 0.717) is 16.8 Å². The molecule has 1 amide bonds. The average molecular weight is 348 g/mol. The largest absolute Gasteiger partial charge is 0.278 e. The molecule has 0 saturated carbocycles. The summed E-state index contributed by atoms with van der Waals surface area (Å²) in [5, 5.41) is 15.7. The molecule has 3 aromatic rings. The van der Waals surface area contributed by atoms with Crippen molar-refractivity contribution in [2.75, 3.05) is 0 Å². The van der Waals surface area contributed by atoms with Crippen molar-refractivity contribution in [3.63, 3.8) is 0 Å². The fourth-order valence-electron chi connectivity index (χ4n) is 2.61. The lowest BCUT2D eigenvalue weighted by molar-refractivity contribution is -0.385. The van der Waals surface area contributed by atoms with Crippen molar-refractivity contribution in [3.05, 3.63) is 81.0 Å². The highest BCUT2D eigenvalue weighted by Gasteiger charge is 2.12. The van der Waals surface area contributed by atoms with Crippen LogP contribution in [0.1, 0.15) is 27.2 Å². The molecular formula is C19H16N4O3. The van der Waals surface area contributed by atoms with Gasteiger partial charge in [0.2, 0.25) is 0 Å². The quantitative estimate of drug-likeness (QED) is 0.443. The van der Waals surface area contributed by atoms with Crippen molar-refractivity contribution in [3.8, 4) is 0 Å². The third-order valence-corrected chi connectivity index (χ3v) is 3.91. The van der Waals surface area contributed by atoms with Gasteiger partial charge in [0.05, 0.1) is 33.5 Å². The smallest absolute Gasteiger partial charge is 0.267 e. The number of amides is 1. The van der Waals surface area contributed by atoms with Crippen LogP contribution in [0.4, 0.5) is 5.69 Å². The van der Waals surface area contributed by atoms with Gasteiger partial charge in [-0.15, -0.1) is 0 Å². The lowest BCUT2D eigenvalue weighted by atomic mass is 10.1. The van der Waals surface area contributed by atoms with E-state index in [1.54, 1.807) is 31.2 Å². The van der Waals surface area contributed by atoms with E-state index in [4.69, 9.17) is 0 Å². The van der Waals surface area contributed by atoms with E-state index in [9.17, 15) is 14.9 Å². The molecule has 0 spiro atoms. The Labute approximate surface area is 149 Å². The van der Waals surface area contributed by atoms with Gasteiger partial charge >= 0.3 is 0 Å². The Morgan fingerprint density at radius 2 is 1.96 bits per heavy atom. The standard InChI is InChI=1S/C19H16N4O3/c1-12-7-8-17-15(9-12)10-16(13(2)21-17)19(24)22-20-11-14-5-3-4-6-18(14)23(25)26/h3-11H,1-2H3,(H,22,24)/b20-11+. The SMILES string of the molecule is Cc1ccc2nc(C)c(C(=O)N/N=C/c3ccccc3[N+](=O)[O-])cc2c1. The fourth-order valence-corrected chi connectivity index (χ4v) is 2.61. The zero-order valence-electron chi connectivity index (χ0n) is 14.3. The van der Waals surface area contributed by atoms with E-state index in [1.807, 2.05) is 25.1 Å². The summed E-state index contributed by atoms with van der Waals surface area (Å²) >= 11 is 0. The van der Waals surface area contributed by atoms with Crippen LogP contribution in [0.3, 0.4) is 0 Å². The molecule has 3 rings (SSSR count). The minimum Gasteiger partial charge on any atom is -0.267 e. The van der Waals surface area contributed by atoms with Crippen LogP contribution in [0.25, 0.3) is 10.9 Å². The number of pyridine rings is 1. The number of benzene rings is 2. The molecule has 1 heterocycles. The van der Waals surface area contributed by atoms with Crippen LogP contribution in [0.5, 0.6) is 0 Å². The zero-order valence-corrected chi connectivity index (χ0v) is 14.3. The van der Waals surface area contributed by atoms with Gasteiger partial charge in [0.1, 0.15) is 0 Å². The van der Waals surface area contributed by atoms with Crippen LogP contribution >= 0.6 is 0 Å². The first-order valence-electron chi connectivity index (χ1n) is 7.90. The summed E-state index contributed by atoms with van der Waals surface area (Å²) in [5.41, 5.74) is 5.50. The van der Waals surface area contributed by atoms with Crippen LogP contribution in [0.15, 0.2) is 53.6 Å². The molecule has 1 aromatic heterocycles. The molecule has 0 bridgehead atoms. The summed E-state index contributed by atoms with van der Waals surface area (Å²) in [4.78, 5) is 27.3. The lowest BCUT2D eigenvalue weighted by Gasteiger charge is -2.07. The summed E-state index contributed by atoms with van der Waals surface area (Å²) in [6, 6.07) is 13.8. The van der Waals surface area contributed by atoms with Crippen LogP contribution < -0.4 is 5.43 Å². The highest BCUT2D eigenvalue weighted by Crippen LogP contribution is 2.18. The Morgan fingerprint density at radius 1 is 1.19 bits per heavy atom. The molecule has 7 nitrogen and oxygen atoms in total. The maximum atomic E-state index is 12.4. The second-order valence-electron chi connectivity index (χ2n) is 5.83. The summed E-state index contributed by atoms with van der Waals surface area (Å²) in [6.45, 7) is 3.72. The van der Waals surface area contributed by atoms with Crippen LogP contribution in [-0.4, -0.2) is 22.0 Å². The van der Waals surface area contributed by atoms with Crippen molar-refractivity contribution in [2.45, 2.75) is 13.8 Å². The number of rotatable bonds is 4. The first-order valence-corrected chi connectivity index (χ1v) is 7.90. The molecule has 0 atom stereocenters. The lowest BCUT2D eigenvalue weighted by Crippen LogP contribution is -2.19. The van der Waals surface area contributed by atoms with Gasteiger partial charge in [-0.3, -0.25) is 19.9 Å². The Bertz CT molecular complexity index is 1040. The van der Waals surface area contributed by atoms with Gasteiger partial charge in [0, 0.05) is 11.5 Å². The van der Waals surface area contributed by atoms with Gasteiger partial charge in [-0.1, -0.05) is 23.8 Å². The van der Waals surface area contributed by atoms with Gasteiger partial charge in [0.25, 0.3) is 11.6 Å². The van der Waals surface area contributed by atoms with E-state index in [0.717, 1.165) is 16.5 Å². The second-order valence-corrected chi connectivity index (χ2v) is 5.83. The predicted octanol–water partition coefficient (Wildman–Crippen LogP) is 3.52. The third-order valence-electron chi connectivity index (χ3n) is 3.91. The van der Waals surface area contributed by atoms with Gasteiger partial charge in [-0.05, 0) is 38.1 Å². The second kappa shape index (κ2) is 7.10. The van der Waals surface area contributed by atoms with E-state index in [-0.39, 0.29) is 5.69 Å². The highest BCUT2D eigenvalue weighted by atomic mass is 16.6. The molecule has 0 unspecified atom stereocenters. The van der Waals surface area contributed by atoms with Crippen molar-refractivity contribution in [1.82, 2.24) is 10.4 Å². The number of fused-ring (bicyclic) bond motifs is 1. The molecule has 0 aliphatic rings. The number of hydrogen-bond acceptors (Lipinski definition) is 5. The first kappa shape index (κ1) is 17.2. The predicted molar refractivity (Wildman–Crippen MR) is 99.4 cm³/mol. The van der Waals surface area contributed by atoms with E-state index in [2.05, 4.69) is 15.5 Å². The summed E-state index contributed by atoms with van der Waals surface area (Å²) in [6.07, 6.45) is 1.25. The topological polar surface area (TPSA) is 97.5 Å². The number of nitrogens with one attached hydrogen (secondary N) is 1. The van der Waals surface area contributed by atoms with Crippen LogP contribution in [0, 0.1) is 24.0 Å². The van der Waals surface area contributed by atoms with Gasteiger partial charge in [0.15, 0.2) is 0 Å². The number of nitrogens with zero attached hydrogens (tertiary/aromatic N) is 3. The molecule has 26 heavy (non-hydrogen) atoms. The Balaban J connectivity index is 1.83.